The quantitative estimate of drug-likeness (QED) is 0.505. The Hall–Kier alpha value is 0.01000. The van der Waals surface area contributed by atoms with Crippen LogP contribution in [0.1, 0.15) is 19.8 Å². The molecule has 1 fully saturated rings. The molecule has 1 unspecified atom stereocenters. The molecule has 3 heteroatoms. The van der Waals surface area contributed by atoms with Crippen molar-refractivity contribution < 1.29 is 0 Å². The Labute approximate surface area is 98.5 Å². The summed E-state index contributed by atoms with van der Waals surface area (Å²) in [4.78, 5) is 2.57. The molecule has 0 aromatic heterocycles. The summed E-state index contributed by atoms with van der Waals surface area (Å²) >= 11 is 1.98. The van der Waals surface area contributed by atoms with Gasteiger partial charge in [0.2, 0.25) is 0 Å². The minimum Gasteiger partial charge on any atom is -0.313 e. The number of hydrogen-bond acceptors (Lipinski definition) is 3. The van der Waals surface area contributed by atoms with Crippen LogP contribution >= 0.6 is 11.8 Å². The monoisotopic (exact) mass is 228 g/mol. The lowest BCUT2D eigenvalue weighted by Crippen LogP contribution is -2.33. The minimum atomic E-state index is 0.745. The average Bonchev–Trinajstić information content (AvgIpc) is 2.69. The highest BCUT2D eigenvalue weighted by Gasteiger charge is 2.20. The van der Waals surface area contributed by atoms with Crippen LogP contribution in [-0.2, 0) is 0 Å². The van der Waals surface area contributed by atoms with Gasteiger partial charge < -0.3 is 10.2 Å². The lowest BCUT2D eigenvalue weighted by atomic mass is 10.2. The summed E-state index contributed by atoms with van der Waals surface area (Å²) in [6.45, 7) is 10.9. The third kappa shape index (κ3) is 5.59. The molecule has 1 aliphatic heterocycles. The van der Waals surface area contributed by atoms with Crippen molar-refractivity contribution in [3.8, 4) is 0 Å². The van der Waals surface area contributed by atoms with E-state index >= 15 is 0 Å². The average molecular weight is 228 g/mol. The standard InChI is InChI=1S/C12H24N2S/c1-3-6-13-12-5-7-14(11-12)8-10-15-9-4-2/h4,12-13H,2-3,5-11H2,1H3. The van der Waals surface area contributed by atoms with Crippen molar-refractivity contribution in [1.82, 2.24) is 10.2 Å². The normalized spacial score (nSPS) is 22.1. The summed E-state index contributed by atoms with van der Waals surface area (Å²) in [6, 6.07) is 0.745. The summed E-state index contributed by atoms with van der Waals surface area (Å²) in [5.41, 5.74) is 0. The van der Waals surface area contributed by atoms with Crippen LogP contribution in [0.3, 0.4) is 0 Å². The zero-order valence-electron chi connectivity index (χ0n) is 9.87. The first-order valence-electron chi connectivity index (χ1n) is 6.01. The van der Waals surface area contributed by atoms with Crippen LogP contribution in [0.15, 0.2) is 12.7 Å². The van der Waals surface area contributed by atoms with Gasteiger partial charge in [0.25, 0.3) is 0 Å². The molecule has 15 heavy (non-hydrogen) atoms. The van der Waals surface area contributed by atoms with E-state index in [9.17, 15) is 0 Å². The second kappa shape index (κ2) is 8.20. The van der Waals surface area contributed by atoms with Gasteiger partial charge in [0.1, 0.15) is 0 Å². The van der Waals surface area contributed by atoms with Crippen molar-refractivity contribution in [3.05, 3.63) is 12.7 Å². The molecule has 1 saturated heterocycles. The molecule has 0 bridgehead atoms. The predicted molar refractivity (Wildman–Crippen MR) is 70.7 cm³/mol. The number of thioether (sulfide) groups is 1. The van der Waals surface area contributed by atoms with E-state index in [2.05, 4.69) is 23.7 Å². The molecule has 0 amide bonds. The first kappa shape index (κ1) is 13.1. The van der Waals surface area contributed by atoms with Gasteiger partial charge in [-0.1, -0.05) is 13.0 Å². The third-order valence-corrected chi connectivity index (χ3v) is 3.69. The summed E-state index contributed by atoms with van der Waals surface area (Å²) in [6.07, 6.45) is 4.55. The second-order valence-electron chi connectivity index (χ2n) is 4.10. The van der Waals surface area contributed by atoms with Crippen molar-refractivity contribution in [1.29, 1.82) is 0 Å². The lowest BCUT2D eigenvalue weighted by Gasteiger charge is -2.15. The van der Waals surface area contributed by atoms with Crippen molar-refractivity contribution in [3.63, 3.8) is 0 Å². The molecule has 0 radical (unpaired) electrons. The molecule has 0 spiro atoms. The number of rotatable bonds is 8. The van der Waals surface area contributed by atoms with Crippen LogP contribution in [0.4, 0.5) is 0 Å². The number of nitrogens with one attached hydrogen (secondary N) is 1. The zero-order chi connectivity index (χ0) is 10.9. The fourth-order valence-corrected chi connectivity index (χ4v) is 2.63. The fraction of sp³-hybridized carbons (Fsp3) is 0.833. The third-order valence-electron chi connectivity index (χ3n) is 2.74. The van der Waals surface area contributed by atoms with Gasteiger partial charge in [-0.2, -0.15) is 11.8 Å². The maximum Gasteiger partial charge on any atom is 0.0207 e. The molecule has 88 valence electrons. The van der Waals surface area contributed by atoms with Crippen LogP contribution in [-0.4, -0.2) is 48.6 Å². The van der Waals surface area contributed by atoms with Crippen LogP contribution in [0, 0.1) is 0 Å². The molecule has 0 aromatic carbocycles. The van der Waals surface area contributed by atoms with Crippen molar-refractivity contribution >= 4 is 11.8 Å². The van der Waals surface area contributed by atoms with E-state index in [1.807, 2.05) is 17.8 Å². The summed E-state index contributed by atoms with van der Waals surface area (Å²) in [5, 5.41) is 3.60. The molecule has 1 heterocycles. The maximum atomic E-state index is 3.73. The smallest absolute Gasteiger partial charge is 0.0207 e. The predicted octanol–water partition coefficient (Wildman–Crippen LogP) is 1.98. The summed E-state index contributed by atoms with van der Waals surface area (Å²) in [7, 11) is 0. The van der Waals surface area contributed by atoms with E-state index in [0.29, 0.717) is 0 Å². The van der Waals surface area contributed by atoms with E-state index in [0.717, 1.165) is 11.8 Å². The highest BCUT2D eigenvalue weighted by molar-refractivity contribution is 7.99. The largest absolute Gasteiger partial charge is 0.313 e. The Bertz CT molecular complexity index is 173. The molecule has 0 aromatic rings. The van der Waals surface area contributed by atoms with Gasteiger partial charge in [-0.3, -0.25) is 0 Å². The van der Waals surface area contributed by atoms with E-state index < -0.39 is 0 Å². The van der Waals surface area contributed by atoms with Crippen molar-refractivity contribution in [2.24, 2.45) is 0 Å². The highest BCUT2D eigenvalue weighted by atomic mass is 32.2. The molecule has 1 atom stereocenters. The topological polar surface area (TPSA) is 15.3 Å². The van der Waals surface area contributed by atoms with Crippen LogP contribution in [0.2, 0.25) is 0 Å². The number of hydrogen-bond donors (Lipinski definition) is 1. The molecule has 1 rings (SSSR count). The Morgan fingerprint density at radius 1 is 1.60 bits per heavy atom. The lowest BCUT2D eigenvalue weighted by molar-refractivity contribution is 0.348. The molecule has 1 N–H and O–H groups in total. The van der Waals surface area contributed by atoms with Gasteiger partial charge >= 0.3 is 0 Å². The van der Waals surface area contributed by atoms with Gasteiger partial charge in [0.05, 0.1) is 0 Å². The molecular formula is C12H24N2S. The van der Waals surface area contributed by atoms with Gasteiger partial charge in [0, 0.05) is 30.6 Å². The van der Waals surface area contributed by atoms with Crippen LogP contribution < -0.4 is 5.32 Å². The van der Waals surface area contributed by atoms with Gasteiger partial charge in [-0.25, -0.2) is 0 Å². The molecule has 1 aliphatic rings. The first-order valence-corrected chi connectivity index (χ1v) is 7.16. The SMILES string of the molecule is C=CCSCCN1CCC(NCCC)C1. The zero-order valence-corrected chi connectivity index (χ0v) is 10.7. The number of likely N-dealkylation sites (tertiary alicyclic amines) is 1. The molecular weight excluding hydrogens is 204 g/mol. The molecule has 0 aliphatic carbocycles. The second-order valence-corrected chi connectivity index (χ2v) is 5.25. The van der Waals surface area contributed by atoms with Gasteiger partial charge in [-0.15, -0.1) is 6.58 Å². The van der Waals surface area contributed by atoms with Gasteiger partial charge in [-0.05, 0) is 25.9 Å². The minimum absolute atomic E-state index is 0.745. The van der Waals surface area contributed by atoms with Crippen LogP contribution in [0.5, 0.6) is 0 Å². The summed E-state index contributed by atoms with van der Waals surface area (Å²) in [5.74, 6) is 2.33. The Balaban J connectivity index is 2.00. The van der Waals surface area contributed by atoms with E-state index in [-0.39, 0.29) is 0 Å². The van der Waals surface area contributed by atoms with E-state index in [1.54, 1.807) is 0 Å². The Kier molecular flexibility index (Phi) is 7.14. The van der Waals surface area contributed by atoms with E-state index in [4.69, 9.17) is 0 Å². The maximum absolute atomic E-state index is 3.73. The van der Waals surface area contributed by atoms with Crippen molar-refractivity contribution in [2.75, 3.05) is 37.7 Å². The molecule has 0 saturated carbocycles. The van der Waals surface area contributed by atoms with Crippen LogP contribution in [0.25, 0.3) is 0 Å². The first-order chi connectivity index (χ1) is 7.36. The summed E-state index contributed by atoms with van der Waals surface area (Å²) < 4.78 is 0. The number of nitrogens with zero attached hydrogens (tertiary/aromatic N) is 1. The Morgan fingerprint density at radius 2 is 2.47 bits per heavy atom. The molecule has 2 nitrogen and oxygen atoms in total. The fourth-order valence-electron chi connectivity index (χ4n) is 1.91. The van der Waals surface area contributed by atoms with E-state index in [1.165, 1.54) is 44.8 Å². The Morgan fingerprint density at radius 3 is 3.20 bits per heavy atom. The van der Waals surface area contributed by atoms with Gasteiger partial charge in [0.15, 0.2) is 0 Å². The highest BCUT2D eigenvalue weighted by Crippen LogP contribution is 2.10. The van der Waals surface area contributed by atoms with Crippen molar-refractivity contribution in [2.45, 2.75) is 25.8 Å².